The molecule has 2 rings (SSSR count). The maximum Gasteiger partial charge on any atom is 0.230 e. The van der Waals surface area contributed by atoms with Gasteiger partial charge in [0.25, 0.3) is 0 Å². The largest absolute Gasteiger partial charge is 0.325 e. The number of aryl methyl sites for hydroxylation is 1. The van der Waals surface area contributed by atoms with E-state index in [4.69, 9.17) is 0 Å². The van der Waals surface area contributed by atoms with E-state index in [1.807, 2.05) is 25.1 Å². The Bertz CT molecular complexity index is 490. The molecular formula is C17H24BrNO. The van der Waals surface area contributed by atoms with Crippen molar-refractivity contribution in [3.8, 4) is 0 Å². The number of hydrogen-bond acceptors (Lipinski definition) is 1. The first kappa shape index (κ1) is 15.6. The second-order valence-electron chi connectivity index (χ2n) is 6.48. The molecule has 1 aromatic rings. The van der Waals surface area contributed by atoms with Crippen LogP contribution in [0.1, 0.15) is 51.5 Å². The van der Waals surface area contributed by atoms with Gasteiger partial charge in [0, 0.05) is 9.89 Å². The van der Waals surface area contributed by atoms with Crippen LogP contribution >= 0.6 is 15.9 Å². The fourth-order valence-corrected chi connectivity index (χ4v) is 3.72. The molecule has 1 saturated carbocycles. The summed E-state index contributed by atoms with van der Waals surface area (Å²) in [5.74, 6) is 0.759. The first-order chi connectivity index (χ1) is 9.44. The van der Waals surface area contributed by atoms with Crippen LogP contribution in [-0.2, 0) is 4.79 Å². The molecule has 3 heteroatoms. The topological polar surface area (TPSA) is 29.1 Å². The molecule has 0 saturated heterocycles. The zero-order valence-electron chi connectivity index (χ0n) is 12.6. The fourth-order valence-electron chi connectivity index (χ4n) is 3.36. The Balaban J connectivity index is 2.19. The summed E-state index contributed by atoms with van der Waals surface area (Å²) in [6, 6.07) is 5.99. The average molecular weight is 338 g/mol. The highest BCUT2D eigenvalue weighted by atomic mass is 79.9. The first-order valence-corrected chi connectivity index (χ1v) is 8.30. The van der Waals surface area contributed by atoms with Crippen molar-refractivity contribution in [2.24, 2.45) is 11.3 Å². The van der Waals surface area contributed by atoms with Gasteiger partial charge in [0.2, 0.25) is 5.91 Å². The summed E-state index contributed by atoms with van der Waals surface area (Å²) in [6.07, 6.45) is 5.40. The highest BCUT2D eigenvalue weighted by Gasteiger charge is 2.41. The van der Waals surface area contributed by atoms with Crippen molar-refractivity contribution in [3.05, 3.63) is 28.2 Å². The number of carbonyl (C=O) groups is 1. The van der Waals surface area contributed by atoms with E-state index in [9.17, 15) is 4.79 Å². The molecule has 1 aliphatic rings. The van der Waals surface area contributed by atoms with Crippen LogP contribution in [0.15, 0.2) is 22.7 Å². The minimum Gasteiger partial charge on any atom is -0.325 e. The molecule has 0 bridgehead atoms. The number of hydrogen-bond donors (Lipinski definition) is 1. The van der Waals surface area contributed by atoms with Gasteiger partial charge >= 0.3 is 0 Å². The Labute approximate surface area is 130 Å². The van der Waals surface area contributed by atoms with Gasteiger partial charge in [-0.2, -0.15) is 0 Å². The van der Waals surface area contributed by atoms with E-state index in [-0.39, 0.29) is 11.3 Å². The van der Waals surface area contributed by atoms with Gasteiger partial charge in [0.1, 0.15) is 0 Å². The molecule has 0 atom stereocenters. The van der Waals surface area contributed by atoms with E-state index in [1.54, 1.807) is 0 Å². The number of amides is 1. The van der Waals surface area contributed by atoms with Crippen LogP contribution < -0.4 is 5.32 Å². The lowest BCUT2D eigenvalue weighted by Crippen LogP contribution is -2.35. The van der Waals surface area contributed by atoms with E-state index >= 15 is 0 Å². The maximum atomic E-state index is 12.8. The Morgan fingerprint density at radius 1 is 1.35 bits per heavy atom. The number of benzene rings is 1. The normalized spacial score (nSPS) is 17.4. The molecule has 0 aliphatic heterocycles. The molecule has 1 N–H and O–H groups in total. The van der Waals surface area contributed by atoms with Crippen molar-refractivity contribution in [1.29, 1.82) is 0 Å². The van der Waals surface area contributed by atoms with Gasteiger partial charge in [-0.15, -0.1) is 0 Å². The molecule has 0 unspecified atom stereocenters. The number of carbonyl (C=O) groups excluding carboxylic acids is 1. The summed E-state index contributed by atoms with van der Waals surface area (Å²) in [6.45, 7) is 6.45. The van der Waals surface area contributed by atoms with Gasteiger partial charge in [-0.3, -0.25) is 4.79 Å². The third-order valence-electron chi connectivity index (χ3n) is 4.28. The van der Waals surface area contributed by atoms with Crippen LogP contribution in [0.5, 0.6) is 0 Å². The standard InChI is InChI=1S/C17H24BrNO/c1-12(2)11-17(9-4-5-10-17)16(20)19-14-8-6-7-13(3)15(14)18/h6-8,12H,4-5,9-11H2,1-3H3,(H,19,20). The Hall–Kier alpha value is -0.830. The van der Waals surface area contributed by atoms with Crippen molar-refractivity contribution in [2.45, 2.75) is 52.9 Å². The summed E-state index contributed by atoms with van der Waals surface area (Å²) in [4.78, 5) is 12.8. The van der Waals surface area contributed by atoms with Gasteiger partial charge < -0.3 is 5.32 Å². The number of halogens is 1. The first-order valence-electron chi connectivity index (χ1n) is 7.51. The molecule has 110 valence electrons. The molecule has 0 radical (unpaired) electrons. The third-order valence-corrected chi connectivity index (χ3v) is 5.33. The molecule has 20 heavy (non-hydrogen) atoms. The SMILES string of the molecule is Cc1cccc(NC(=O)C2(CC(C)C)CCCC2)c1Br. The third kappa shape index (κ3) is 3.25. The molecule has 0 aromatic heterocycles. The highest BCUT2D eigenvalue weighted by Crippen LogP contribution is 2.44. The van der Waals surface area contributed by atoms with Crippen molar-refractivity contribution in [3.63, 3.8) is 0 Å². The minimum atomic E-state index is -0.155. The number of nitrogens with one attached hydrogen (secondary N) is 1. The molecule has 0 heterocycles. The molecule has 1 aliphatic carbocycles. The predicted octanol–water partition coefficient (Wildman–Crippen LogP) is 5.30. The summed E-state index contributed by atoms with van der Waals surface area (Å²) >= 11 is 3.57. The van der Waals surface area contributed by atoms with E-state index in [1.165, 1.54) is 12.8 Å². The predicted molar refractivity (Wildman–Crippen MR) is 87.9 cm³/mol. The quantitative estimate of drug-likeness (QED) is 0.793. The molecular weight excluding hydrogens is 314 g/mol. The molecule has 2 nitrogen and oxygen atoms in total. The number of rotatable bonds is 4. The summed E-state index contributed by atoms with van der Waals surface area (Å²) in [7, 11) is 0. The molecule has 1 amide bonds. The van der Waals surface area contributed by atoms with Gasteiger partial charge in [-0.05, 0) is 59.7 Å². The van der Waals surface area contributed by atoms with Gasteiger partial charge in [-0.1, -0.05) is 38.8 Å². The summed E-state index contributed by atoms with van der Waals surface area (Å²) < 4.78 is 0.992. The van der Waals surface area contributed by atoms with E-state index in [0.717, 1.165) is 35.0 Å². The monoisotopic (exact) mass is 337 g/mol. The Morgan fingerprint density at radius 3 is 2.60 bits per heavy atom. The van der Waals surface area contributed by atoms with Gasteiger partial charge in [0.15, 0.2) is 0 Å². The average Bonchev–Trinajstić information content (AvgIpc) is 2.84. The maximum absolute atomic E-state index is 12.8. The molecule has 1 aromatic carbocycles. The second-order valence-corrected chi connectivity index (χ2v) is 7.27. The van der Waals surface area contributed by atoms with Crippen molar-refractivity contribution in [2.75, 3.05) is 5.32 Å². The van der Waals surface area contributed by atoms with Crippen LogP contribution in [0.2, 0.25) is 0 Å². The Kier molecular flexibility index (Phi) is 4.90. The van der Waals surface area contributed by atoms with Crippen LogP contribution in [-0.4, -0.2) is 5.91 Å². The Morgan fingerprint density at radius 2 is 2.00 bits per heavy atom. The summed E-state index contributed by atoms with van der Waals surface area (Å²) in [5, 5.41) is 3.15. The van der Waals surface area contributed by atoms with Crippen molar-refractivity contribution >= 4 is 27.5 Å². The van der Waals surface area contributed by atoms with Crippen LogP contribution in [0.4, 0.5) is 5.69 Å². The smallest absolute Gasteiger partial charge is 0.230 e. The molecule has 0 spiro atoms. The van der Waals surface area contributed by atoms with Crippen LogP contribution in [0.25, 0.3) is 0 Å². The van der Waals surface area contributed by atoms with Gasteiger partial charge in [-0.25, -0.2) is 0 Å². The second kappa shape index (κ2) is 6.30. The van der Waals surface area contributed by atoms with Crippen LogP contribution in [0.3, 0.4) is 0 Å². The zero-order valence-corrected chi connectivity index (χ0v) is 14.2. The highest BCUT2D eigenvalue weighted by molar-refractivity contribution is 9.10. The zero-order chi connectivity index (χ0) is 14.8. The van der Waals surface area contributed by atoms with E-state index in [2.05, 4.69) is 35.1 Å². The minimum absolute atomic E-state index is 0.155. The van der Waals surface area contributed by atoms with E-state index < -0.39 is 0 Å². The van der Waals surface area contributed by atoms with Crippen molar-refractivity contribution in [1.82, 2.24) is 0 Å². The lowest BCUT2D eigenvalue weighted by atomic mass is 9.77. The van der Waals surface area contributed by atoms with Crippen molar-refractivity contribution < 1.29 is 4.79 Å². The lowest BCUT2D eigenvalue weighted by molar-refractivity contribution is -0.126. The van der Waals surface area contributed by atoms with Crippen LogP contribution in [0, 0.1) is 18.3 Å². The fraction of sp³-hybridized carbons (Fsp3) is 0.588. The molecule has 1 fully saturated rings. The van der Waals surface area contributed by atoms with Gasteiger partial charge in [0.05, 0.1) is 5.69 Å². The number of anilines is 1. The van der Waals surface area contributed by atoms with E-state index in [0.29, 0.717) is 5.92 Å². The lowest BCUT2D eigenvalue weighted by Gasteiger charge is -2.29. The summed E-state index contributed by atoms with van der Waals surface area (Å²) in [5.41, 5.74) is 1.88.